The van der Waals surface area contributed by atoms with Crippen LogP contribution in [0, 0.1) is 34.0 Å². The van der Waals surface area contributed by atoms with Crippen LogP contribution < -0.4 is 0 Å². The van der Waals surface area contributed by atoms with Crippen molar-refractivity contribution in [1.29, 1.82) is 15.8 Å². The lowest BCUT2D eigenvalue weighted by Gasteiger charge is -2.15. The topological polar surface area (TPSA) is 94.4 Å². The van der Waals surface area contributed by atoms with Gasteiger partial charge in [0.2, 0.25) is 0 Å². The zero-order valence-corrected chi connectivity index (χ0v) is 26.9. The molecule has 3 aromatic heterocycles. The summed E-state index contributed by atoms with van der Waals surface area (Å²) >= 11 is 0. The molecule has 0 aliphatic carbocycles. The maximum atomic E-state index is 10.6. The van der Waals surface area contributed by atoms with Gasteiger partial charge in [0.25, 0.3) is 0 Å². The lowest BCUT2D eigenvalue weighted by molar-refractivity contribution is 0.671. The van der Waals surface area contributed by atoms with E-state index in [1.54, 1.807) is 18.2 Å². The number of benzene rings is 7. The Morgan fingerprint density at radius 1 is 0.471 bits per heavy atom. The number of hydrogen-bond acceptors (Lipinski definition) is 4. The number of hydrogen-bond donors (Lipinski definition) is 0. The van der Waals surface area contributed by atoms with E-state index in [9.17, 15) is 15.8 Å². The monoisotopic (exact) mass is 649 g/mol. The second-order valence-corrected chi connectivity index (χ2v) is 12.7. The summed E-state index contributed by atoms with van der Waals surface area (Å²) in [6, 6.07) is 53.0. The zero-order chi connectivity index (χ0) is 34.2. The third-order valence-corrected chi connectivity index (χ3v) is 9.99. The summed E-state index contributed by atoms with van der Waals surface area (Å²) in [6.45, 7) is 0. The minimum absolute atomic E-state index is 0.397. The van der Waals surface area contributed by atoms with Gasteiger partial charge in [-0.25, -0.2) is 0 Å². The van der Waals surface area contributed by atoms with Crippen LogP contribution in [-0.4, -0.2) is 9.13 Å². The van der Waals surface area contributed by atoms with Gasteiger partial charge in [-0.15, -0.1) is 0 Å². The number of rotatable bonds is 3. The van der Waals surface area contributed by atoms with E-state index in [2.05, 4.69) is 69.8 Å². The number of nitrogens with zero attached hydrogens (tertiary/aromatic N) is 5. The quantitative estimate of drug-likeness (QED) is 0.190. The van der Waals surface area contributed by atoms with Gasteiger partial charge in [0, 0.05) is 43.6 Å². The molecule has 0 aliphatic rings. The first-order valence-electron chi connectivity index (χ1n) is 16.5. The van der Waals surface area contributed by atoms with Crippen molar-refractivity contribution in [3.63, 3.8) is 0 Å². The fourth-order valence-corrected chi connectivity index (χ4v) is 7.84. The number of aromatic nitrogens is 2. The standard InChI is InChI=1S/C45H23N5O/c46-24-27-19-28(38-22-30(26-48)42(23-29(38)25-47)50-40-14-6-1-9-32(40)33-10-2-7-15-41(33)50)21-31(20-27)49-39-13-5-3-11-34(39)36-17-18-37-35-12-4-8-16-43(35)51-45(37)44(36)49/h1-23H. The maximum absolute atomic E-state index is 10.6. The summed E-state index contributed by atoms with van der Waals surface area (Å²) in [5.41, 5.74) is 9.16. The van der Waals surface area contributed by atoms with Crippen LogP contribution in [0.25, 0.3) is 88.1 Å². The van der Waals surface area contributed by atoms with Crippen LogP contribution >= 0.6 is 0 Å². The Kier molecular flexibility index (Phi) is 5.97. The molecule has 0 amide bonds. The number of nitriles is 3. The molecule has 234 valence electrons. The van der Waals surface area contributed by atoms with Gasteiger partial charge in [-0.3, -0.25) is 0 Å². The summed E-state index contributed by atoms with van der Waals surface area (Å²) in [6.07, 6.45) is 0. The molecule has 6 heteroatoms. The summed E-state index contributed by atoms with van der Waals surface area (Å²) in [7, 11) is 0. The molecule has 3 heterocycles. The van der Waals surface area contributed by atoms with Gasteiger partial charge in [-0.05, 0) is 66.2 Å². The molecule has 0 unspecified atom stereocenters. The van der Waals surface area contributed by atoms with Crippen LogP contribution in [-0.2, 0) is 0 Å². The first-order chi connectivity index (χ1) is 25.2. The highest BCUT2D eigenvalue weighted by Gasteiger charge is 2.22. The van der Waals surface area contributed by atoms with Crippen LogP contribution in [0.3, 0.4) is 0 Å². The van der Waals surface area contributed by atoms with Crippen molar-refractivity contribution in [1.82, 2.24) is 9.13 Å². The van der Waals surface area contributed by atoms with Crippen molar-refractivity contribution in [3.8, 4) is 40.7 Å². The van der Waals surface area contributed by atoms with Crippen LogP contribution in [0.4, 0.5) is 0 Å². The lowest BCUT2D eigenvalue weighted by atomic mass is 9.95. The fraction of sp³-hybridized carbons (Fsp3) is 0. The molecular formula is C45H23N5O. The molecule has 0 saturated carbocycles. The molecule has 0 spiro atoms. The first-order valence-corrected chi connectivity index (χ1v) is 16.5. The fourth-order valence-electron chi connectivity index (χ4n) is 7.84. The molecule has 0 fully saturated rings. The van der Waals surface area contributed by atoms with Gasteiger partial charge in [-0.2, -0.15) is 15.8 Å². The molecule has 0 aliphatic heterocycles. The number of fused-ring (bicyclic) bond motifs is 10. The van der Waals surface area contributed by atoms with Crippen molar-refractivity contribution in [3.05, 3.63) is 156 Å². The largest absolute Gasteiger partial charge is 0.454 e. The molecule has 0 atom stereocenters. The van der Waals surface area contributed by atoms with E-state index in [1.807, 2.05) is 78.9 Å². The van der Waals surface area contributed by atoms with Crippen molar-refractivity contribution < 1.29 is 4.42 Å². The number of furan rings is 1. The van der Waals surface area contributed by atoms with Crippen LogP contribution in [0.1, 0.15) is 16.7 Å². The van der Waals surface area contributed by atoms with Gasteiger partial charge < -0.3 is 13.6 Å². The third-order valence-electron chi connectivity index (χ3n) is 9.99. The molecule has 51 heavy (non-hydrogen) atoms. The first kappa shape index (κ1) is 28.4. The van der Waals surface area contributed by atoms with Crippen LogP contribution in [0.15, 0.2) is 144 Å². The van der Waals surface area contributed by atoms with Gasteiger partial charge in [0.15, 0.2) is 5.58 Å². The Morgan fingerprint density at radius 2 is 1.06 bits per heavy atom. The summed E-state index contributed by atoms with van der Waals surface area (Å²) in [5, 5.41) is 37.8. The van der Waals surface area contributed by atoms with E-state index in [0.29, 0.717) is 33.5 Å². The second kappa shape index (κ2) is 10.7. The van der Waals surface area contributed by atoms with Crippen molar-refractivity contribution in [2.24, 2.45) is 0 Å². The minimum Gasteiger partial charge on any atom is -0.454 e. The normalized spacial score (nSPS) is 11.5. The Bertz CT molecular complexity index is 3190. The van der Waals surface area contributed by atoms with Crippen LogP contribution in [0.2, 0.25) is 0 Å². The molecule has 6 nitrogen and oxygen atoms in total. The average Bonchev–Trinajstić information content (AvgIpc) is 3.85. The molecule has 0 N–H and O–H groups in total. The minimum atomic E-state index is 0.397. The van der Waals surface area contributed by atoms with Crippen molar-refractivity contribution in [2.45, 2.75) is 0 Å². The van der Waals surface area contributed by atoms with E-state index in [0.717, 1.165) is 71.2 Å². The predicted octanol–water partition coefficient (Wildman–Crippen LogP) is 11.1. The second-order valence-electron chi connectivity index (χ2n) is 12.7. The van der Waals surface area contributed by atoms with Crippen molar-refractivity contribution >= 4 is 65.6 Å². The highest BCUT2D eigenvalue weighted by Crippen LogP contribution is 2.42. The number of para-hydroxylation sites is 4. The zero-order valence-electron chi connectivity index (χ0n) is 26.9. The smallest absolute Gasteiger partial charge is 0.160 e. The highest BCUT2D eigenvalue weighted by molar-refractivity contribution is 6.21. The Labute approximate surface area is 291 Å². The summed E-state index contributed by atoms with van der Waals surface area (Å²) in [5.74, 6) is 0. The lowest BCUT2D eigenvalue weighted by Crippen LogP contribution is -2.01. The van der Waals surface area contributed by atoms with Gasteiger partial charge in [0.1, 0.15) is 11.7 Å². The molecule has 0 saturated heterocycles. The molecular weight excluding hydrogens is 627 g/mol. The van der Waals surface area contributed by atoms with Gasteiger partial charge in [-0.1, -0.05) is 78.9 Å². The molecule has 10 rings (SSSR count). The summed E-state index contributed by atoms with van der Waals surface area (Å²) in [4.78, 5) is 0. The maximum Gasteiger partial charge on any atom is 0.160 e. The average molecular weight is 650 g/mol. The predicted molar refractivity (Wildman–Crippen MR) is 202 cm³/mol. The van der Waals surface area contributed by atoms with E-state index in [-0.39, 0.29) is 0 Å². The van der Waals surface area contributed by atoms with Gasteiger partial charge in [0.05, 0.1) is 56.6 Å². The van der Waals surface area contributed by atoms with E-state index < -0.39 is 0 Å². The molecule has 7 aromatic carbocycles. The molecule has 0 bridgehead atoms. The van der Waals surface area contributed by atoms with E-state index in [1.165, 1.54) is 0 Å². The highest BCUT2D eigenvalue weighted by atomic mass is 16.3. The van der Waals surface area contributed by atoms with Crippen molar-refractivity contribution in [2.75, 3.05) is 0 Å². The Hall–Kier alpha value is -7.59. The summed E-state index contributed by atoms with van der Waals surface area (Å²) < 4.78 is 10.7. The van der Waals surface area contributed by atoms with E-state index in [4.69, 9.17) is 4.42 Å². The SMILES string of the molecule is N#Cc1cc(-c2cc(C#N)c(-n3c4ccccc4c4ccccc43)cc2C#N)cc(-n2c3ccccc3c3ccc4c5ccccc5oc4c32)c1. The molecule has 10 aromatic rings. The van der Waals surface area contributed by atoms with Crippen LogP contribution in [0.5, 0.6) is 0 Å². The third kappa shape index (κ3) is 4.01. The molecule has 0 radical (unpaired) electrons. The Morgan fingerprint density at radius 3 is 1.73 bits per heavy atom. The van der Waals surface area contributed by atoms with E-state index >= 15 is 0 Å². The van der Waals surface area contributed by atoms with Gasteiger partial charge >= 0.3 is 0 Å². The Balaban J connectivity index is 1.25.